The number of pyridine rings is 1. The van der Waals surface area contributed by atoms with E-state index < -0.39 is 0 Å². The van der Waals surface area contributed by atoms with Crippen molar-refractivity contribution in [2.45, 2.75) is 44.6 Å². The molecule has 2 heterocycles. The minimum Gasteiger partial charge on any atom is -0.339 e. The first-order chi connectivity index (χ1) is 10.3. The maximum atomic E-state index is 6.36. The summed E-state index contributed by atoms with van der Waals surface area (Å²) in [5, 5.41) is 4.19. The zero-order chi connectivity index (χ0) is 14.4. The molecule has 110 valence electrons. The van der Waals surface area contributed by atoms with Gasteiger partial charge in [0.1, 0.15) is 0 Å². The van der Waals surface area contributed by atoms with Crippen LogP contribution in [-0.4, -0.2) is 21.2 Å². The van der Waals surface area contributed by atoms with E-state index in [0.717, 1.165) is 23.4 Å². The quantitative estimate of drug-likeness (QED) is 0.937. The third kappa shape index (κ3) is 1.99. The number of nitrogens with two attached hydrogens (primary N) is 1. The van der Waals surface area contributed by atoms with Crippen LogP contribution in [0.25, 0.3) is 11.4 Å². The number of rotatable bonds is 3. The normalized spacial score (nSPS) is 31.0. The SMILES string of the molecule is CCc1cnccc1-c1noc(C2C3CCC(C3)C2N)n1. The standard InChI is InChI=1S/C16H20N4O/c1-2-9-8-18-6-5-12(9)15-19-16(21-20-15)13-10-3-4-11(7-10)14(13)17/h5-6,8,10-11,13-14H,2-4,7,17H2,1H3. The zero-order valence-corrected chi connectivity index (χ0v) is 12.2. The van der Waals surface area contributed by atoms with Crippen LogP contribution in [0.3, 0.4) is 0 Å². The Balaban J connectivity index is 1.67. The Bertz CT molecular complexity index is 651. The largest absolute Gasteiger partial charge is 0.339 e. The molecule has 0 spiro atoms. The van der Waals surface area contributed by atoms with Gasteiger partial charge in [0.2, 0.25) is 11.7 Å². The highest BCUT2D eigenvalue weighted by atomic mass is 16.5. The molecular formula is C16H20N4O. The number of fused-ring (bicyclic) bond motifs is 2. The molecule has 0 amide bonds. The van der Waals surface area contributed by atoms with Crippen LogP contribution >= 0.6 is 0 Å². The van der Waals surface area contributed by atoms with Crippen molar-refractivity contribution in [3.8, 4) is 11.4 Å². The fourth-order valence-corrected chi connectivity index (χ4v) is 4.11. The van der Waals surface area contributed by atoms with Gasteiger partial charge < -0.3 is 10.3 Å². The molecule has 2 aromatic heterocycles. The number of hydrogen-bond acceptors (Lipinski definition) is 5. The summed E-state index contributed by atoms with van der Waals surface area (Å²) < 4.78 is 5.56. The maximum Gasteiger partial charge on any atom is 0.231 e. The number of nitrogens with zero attached hydrogens (tertiary/aromatic N) is 3. The third-order valence-electron chi connectivity index (χ3n) is 5.23. The molecule has 0 aromatic carbocycles. The Morgan fingerprint density at radius 3 is 2.95 bits per heavy atom. The molecule has 2 saturated carbocycles. The lowest BCUT2D eigenvalue weighted by atomic mass is 9.85. The average Bonchev–Trinajstić information content (AvgIpc) is 3.22. The second-order valence-electron chi connectivity index (χ2n) is 6.28. The van der Waals surface area contributed by atoms with Gasteiger partial charge in [-0.3, -0.25) is 4.98 Å². The fraction of sp³-hybridized carbons (Fsp3) is 0.562. The molecule has 2 N–H and O–H groups in total. The molecule has 21 heavy (non-hydrogen) atoms. The van der Waals surface area contributed by atoms with Gasteiger partial charge >= 0.3 is 0 Å². The minimum absolute atomic E-state index is 0.181. The van der Waals surface area contributed by atoms with Gasteiger partial charge in [-0.25, -0.2) is 0 Å². The van der Waals surface area contributed by atoms with Crippen molar-refractivity contribution in [1.82, 2.24) is 15.1 Å². The van der Waals surface area contributed by atoms with Gasteiger partial charge in [0, 0.05) is 24.0 Å². The minimum atomic E-state index is 0.181. The van der Waals surface area contributed by atoms with Gasteiger partial charge in [-0.15, -0.1) is 0 Å². The van der Waals surface area contributed by atoms with Crippen molar-refractivity contribution in [1.29, 1.82) is 0 Å². The van der Waals surface area contributed by atoms with Crippen LogP contribution in [0.1, 0.15) is 43.6 Å². The van der Waals surface area contributed by atoms with Crippen LogP contribution < -0.4 is 5.73 Å². The summed E-state index contributed by atoms with van der Waals surface area (Å²) in [5.41, 5.74) is 8.52. The topological polar surface area (TPSA) is 77.8 Å². The highest BCUT2D eigenvalue weighted by Gasteiger charge is 2.48. The molecule has 2 bridgehead atoms. The number of aromatic nitrogens is 3. The predicted octanol–water partition coefficient (Wildman–Crippen LogP) is 2.53. The van der Waals surface area contributed by atoms with Gasteiger partial charge in [-0.2, -0.15) is 4.98 Å². The number of hydrogen-bond donors (Lipinski definition) is 1. The summed E-state index contributed by atoms with van der Waals surface area (Å²) in [5.74, 6) is 2.91. The van der Waals surface area contributed by atoms with E-state index in [1.165, 1.54) is 19.3 Å². The molecule has 4 rings (SSSR count). The first kappa shape index (κ1) is 13.0. The third-order valence-corrected chi connectivity index (χ3v) is 5.23. The molecule has 4 unspecified atom stereocenters. The summed E-state index contributed by atoms with van der Waals surface area (Å²) in [4.78, 5) is 8.82. The second kappa shape index (κ2) is 4.91. The Morgan fingerprint density at radius 1 is 1.33 bits per heavy atom. The summed E-state index contributed by atoms with van der Waals surface area (Å²) in [6.45, 7) is 2.10. The van der Waals surface area contributed by atoms with Gasteiger partial charge in [0.15, 0.2) is 0 Å². The predicted molar refractivity (Wildman–Crippen MR) is 78.5 cm³/mol. The van der Waals surface area contributed by atoms with Crippen LogP contribution in [0.5, 0.6) is 0 Å². The molecule has 4 atom stereocenters. The van der Waals surface area contributed by atoms with Gasteiger partial charge in [0.25, 0.3) is 0 Å². The van der Waals surface area contributed by atoms with Crippen molar-refractivity contribution in [2.24, 2.45) is 17.6 Å². The Morgan fingerprint density at radius 2 is 2.19 bits per heavy atom. The smallest absolute Gasteiger partial charge is 0.231 e. The fourth-order valence-electron chi connectivity index (χ4n) is 4.11. The van der Waals surface area contributed by atoms with Crippen molar-refractivity contribution < 1.29 is 4.52 Å². The first-order valence-electron chi connectivity index (χ1n) is 7.80. The van der Waals surface area contributed by atoms with E-state index in [9.17, 15) is 0 Å². The van der Waals surface area contributed by atoms with Crippen molar-refractivity contribution in [3.63, 3.8) is 0 Å². The van der Waals surface area contributed by atoms with Crippen LogP contribution in [0.2, 0.25) is 0 Å². The highest BCUT2D eigenvalue weighted by Crippen LogP contribution is 2.51. The zero-order valence-electron chi connectivity index (χ0n) is 12.2. The van der Waals surface area contributed by atoms with Crippen LogP contribution in [0, 0.1) is 11.8 Å². The van der Waals surface area contributed by atoms with E-state index in [2.05, 4.69) is 22.0 Å². The van der Waals surface area contributed by atoms with Crippen molar-refractivity contribution in [3.05, 3.63) is 29.9 Å². The lowest BCUT2D eigenvalue weighted by molar-refractivity contribution is 0.279. The molecule has 2 aliphatic rings. The first-order valence-corrected chi connectivity index (χ1v) is 7.80. The lowest BCUT2D eigenvalue weighted by Gasteiger charge is -2.24. The summed E-state index contributed by atoms with van der Waals surface area (Å²) in [7, 11) is 0. The Hall–Kier alpha value is -1.75. The lowest BCUT2D eigenvalue weighted by Crippen LogP contribution is -2.34. The highest BCUT2D eigenvalue weighted by molar-refractivity contribution is 5.58. The van der Waals surface area contributed by atoms with E-state index in [-0.39, 0.29) is 12.0 Å². The Kier molecular flexibility index (Phi) is 3.03. The average molecular weight is 284 g/mol. The molecule has 2 aromatic rings. The summed E-state index contributed by atoms with van der Waals surface area (Å²) in [6, 6.07) is 2.13. The van der Waals surface area contributed by atoms with Crippen LogP contribution in [0.4, 0.5) is 0 Å². The molecule has 2 aliphatic carbocycles. The van der Waals surface area contributed by atoms with E-state index in [1.807, 2.05) is 12.3 Å². The Labute approximate surface area is 124 Å². The van der Waals surface area contributed by atoms with Crippen LogP contribution in [0.15, 0.2) is 23.0 Å². The molecule has 5 heteroatoms. The van der Waals surface area contributed by atoms with E-state index in [0.29, 0.717) is 17.7 Å². The van der Waals surface area contributed by atoms with Gasteiger partial charge in [-0.1, -0.05) is 12.1 Å². The molecule has 0 saturated heterocycles. The van der Waals surface area contributed by atoms with Gasteiger partial charge in [-0.05, 0) is 49.1 Å². The molecule has 2 fully saturated rings. The van der Waals surface area contributed by atoms with E-state index in [4.69, 9.17) is 10.3 Å². The van der Waals surface area contributed by atoms with Crippen LogP contribution in [-0.2, 0) is 6.42 Å². The van der Waals surface area contributed by atoms with Crippen molar-refractivity contribution in [2.75, 3.05) is 0 Å². The molecule has 0 aliphatic heterocycles. The number of aryl methyl sites for hydroxylation is 1. The monoisotopic (exact) mass is 284 g/mol. The summed E-state index contributed by atoms with van der Waals surface area (Å²) in [6.07, 6.45) is 8.27. The maximum absolute atomic E-state index is 6.36. The van der Waals surface area contributed by atoms with E-state index >= 15 is 0 Å². The molecular weight excluding hydrogens is 264 g/mol. The van der Waals surface area contributed by atoms with Crippen molar-refractivity contribution >= 4 is 0 Å². The van der Waals surface area contributed by atoms with E-state index in [1.54, 1.807) is 6.20 Å². The molecule has 5 nitrogen and oxygen atoms in total. The summed E-state index contributed by atoms with van der Waals surface area (Å²) >= 11 is 0. The molecule has 0 radical (unpaired) electrons. The second-order valence-corrected chi connectivity index (χ2v) is 6.28. The van der Waals surface area contributed by atoms with Gasteiger partial charge in [0.05, 0.1) is 5.92 Å².